The van der Waals surface area contributed by atoms with Gasteiger partial charge in [0.25, 0.3) is 0 Å². The molecule has 0 unspecified atom stereocenters. The molecular formula is C14H22N2O. The first-order chi connectivity index (χ1) is 8.18. The number of rotatable bonds is 6. The average molecular weight is 234 g/mol. The van der Waals surface area contributed by atoms with Gasteiger partial charge in [-0.15, -0.1) is 0 Å². The minimum atomic E-state index is 0.426. The molecule has 0 saturated heterocycles. The predicted molar refractivity (Wildman–Crippen MR) is 70.2 cm³/mol. The van der Waals surface area contributed by atoms with Crippen molar-refractivity contribution in [3.05, 3.63) is 29.3 Å². The van der Waals surface area contributed by atoms with E-state index in [1.807, 2.05) is 25.1 Å². The number of nitrogens with zero attached hydrogens (tertiary/aromatic N) is 1. The SMILES string of the molecule is Cc1cccc(CNCCN(C)C2CC2)c1O. The molecule has 0 aliphatic heterocycles. The summed E-state index contributed by atoms with van der Waals surface area (Å²) in [6.45, 7) is 4.73. The van der Waals surface area contributed by atoms with E-state index in [2.05, 4.69) is 17.3 Å². The van der Waals surface area contributed by atoms with Crippen LogP contribution in [0.25, 0.3) is 0 Å². The quantitative estimate of drug-likeness (QED) is 0.738. The number of hydrogen-bond donors (Lipinski definition) is 2. The second kappa shape index (κ2) is 5.52. The molecule has 1 fully saturated rings. The predicted octanol–water partition coefficient (Wildman–Crippen LogP) is 1.88. The fraction of sp³-hybridized carbons (Fsp3) is 0.571. The third-order valence-corrected chi connectivity index (χ3v) is 3.45. The summed E-state index contributed by atoms with van der Waals surface area (Å²) in [6.07, 6.45) is 2.71. The molecule has 2 rings (SSSR count). The zero-order valence-electron chi connectivity index (χ0n) is 10.7. The van der Waals surface area contributed by atoms with Gasteiger partial charge in [-0.2, -0.15) is 0 Å². The lowest BCUT2D eigenvalue weighted by molar-refractivity contribution is 0.321. The van der Waals surface area contributed by atoms with Crippen LogP contribution in [0.3, 0.4) is 0 Å². The number of phenols is 1. The molecule has 0 bridgehead atoms. The van der Waals surface area contributed by atoms with Crippen molar-refractivity contribution in [2.24, 2.45) is 0 Å². The van der Waals surface area contributed by atoms with Crippen molar-refractivity contribution in [1.82, 2.24) is 10.2 Å². The number of hydrogen-bond acceptors (Lipinski definition) is 3. The van der Waals surface area contributed by atoms with E-state index in [-0.39, 0.29) is 0 Å². The Kier molecular flexibility index (Phi) is 4.02. The zero-order chi connectivity index (χ0) is 12.3. The summed E-state index contributed by atoms with van der Waals surface area (Å²) in [6, 6.07) is 6.71. The molecule has 0 radical (unpaired) electrons. The minimum absolute atomic E-state index is 0.426. The molecule has 0 aromatic heterocycles. The summed E-state index contributed by atoms with van der Waals surface area (Å²) in [5.74, 6) is 0.426. The third kappa shape index (κ3) is 3.45. The summed E-state index contributed by atoms with van der Waals surface area (Å²) in [5.41, 5.74) is 1.93. The van der Waals surface area contributed by atoms with Crippen LogP contribution < -0.4 is 5.32 Å². The van der Waals surface area contributed by atoms with E-state index >= 15 is 0 Å². The molecule has 1 aliphatic carbocycles. The number of para-hydroxylation sites is 1. The van der Waals surface area contributed by atoms with Crippen LogP contribution in [0, 0.1) is 6.92 Å². The van der Waals surface area contributed by atoms with Crippen LogP contribution in [-0.2, 0) is 6.54 Å². The van der Waals surface area contributed by atoms with Crippen LogP contribution in [0.4, 0.5) is 0 Å². The van der Waals surface area contributed by atoms with Crippen molar-refractivity contribution in [3.8, 4) is 5.75 Å². The molecule has 1 aromatic carbocycles. The van der Waals surface area contributed by atoms with Crippen molar-refractivity contribution < 1.29 is 5.11 Å². The van der Waals surface area contributed by atoms with Gasteiger partial charge in [0.2, 0.25) is 0 Å². The van der Waals surface area contributed by atoms with Crippen LogP contribution in [-0.4, -0.2) is 36.2 Å². The highest BCUT2D eigenvalue weighted by atomic mass is 16.3. The number of benzene rings is 1. The van der Waals surface area contributed by atoms with E-state index in [1.165, 1.54) is 12.8 Å². The van der Waals surface area contributed by atoms with Crippen molar-refractivity contribution in [1.29, 1.82) is 0 Å². The van der Waals surface area contributed by atoms with Gasteiger partial charge in [0, 0.05) is 31.2 Å². The van der Waals surface area contributed by atoms with E-state index in [1.54, 1.807) is 0 Å². The van der Waals surface area contributed by atoms with Crippen LogP contribution in [0.5, 0.6) is 5.75 Å². The maximum Gasteiger partial charge on any atom is 0.122 e. The largest absolute Gasteiger partial charge is 0.507 e. The molecule has 1 saturated carbocycles. The van der Waals surface area contributed by atoms with Crippen LogP contribution in [0.15, 0.2) is 18.2 Å². The van der Waals surface area contributed by atoms with Gasteiger partial charge in [-0.25, -0.2) is 0 Å². The van der Waals surface area contributed by atoms with Gasteiger partial charge >= 0.3 is 0 Å². The molecule has 17 heavy (non-hydrogen) atoms. The molecule has 0 spiro atoms. The number of aryl methyl sites for hydroxylation is 1. The standard InChI is InChI=1S/C14H22N2O/c1-11-4-3-5-12(14(11)17)10-15-8-9-16(2)13-6-7-13/h3-5,13,15,17H,6-10H2,1-2H3. The Hall–Kier alpha value is -1.06. The van der Waals surface area contributed by atoms with Crippen molar-refractivity contribution in [2.75, 3.05) is 20.1 Å². The average Bonchev–Trinajstić information content (AvgIpc) is 3.13. The number of aromatic hydroxyl groups is 1. The van der Waals surface area contributed by atoms with Gasteiger partial charge in [-0.05, 0) is 32.4 Å². The molecule has 1 aliphatic rings. The van der Waals surface area contributed by atoms with E-state index in [9.17, 15) is 5.11 Å². The van der Waals surface area contributed by atoms with Crippen LogP contribution in [0.1, 0.15) is 24.0 Å². The Labute approximate surface area is 103 Å². The van der Waals surface area contributed by atoms with Crippen LogP contribution >= 0.6 is 0 Å². The Morgan fingerprint density at radius 2 is 2.18 bits per heavy atom. The van der Waals surface area contributed by atoms with Crippen molar-refractivity contribution >= 4 is 0 Å². The van der Waals surface area contributed by atoms with E-state index in [0.29, 0.717) is 5.75 Å². The summed E-state index contributed by atoms with van der Waals surface area (Å²) in [7, 11) is 2.18. The molecule has 0 heterocycles. The first-order valence-corrected chi connectivity index (χ1v) is 6.37. The maximum atomic E-state index is 9.85. The van der Waals surface area contributed by atoms with Gasteiger partial charge in [-0.1, -0.05) is 18.2 Å². The normalized spacial score (nSPS) is 15.5. The molecule has 3 nitrogen and oxygen atoms in total. The summed E-state index contributed by atoms with van der Waals surface area (Å²) in [5, 5.41) is 13.2. The lowest BCUT2D eigenvalue weighted by Crippen LogP contribution is -2.30. The molecular weight excluding hydrogens is 212 g/mol. The molecule has 0 atom stereocenters. The Balaban J connectivity index is 1.72. The second-order valence-corrected chi connectivity index (χ2v) is 4.97. The van der Waals surface area contributed by atoms with Gasteiger partial charge < -0.3 is 15.3 Å². The Morgan fingerprint density at radius 3 is 2.88 bits per heavy atom. The minimum Gasteiger partial charge on any atom is -0.507 e. The first kappa shape index (κ1) is 12.4. The first-order valence-electron chi connectivity index (χ1n) is 6.37. The van der Waals surface area contributed by atoms with Gasteiger partial charge in [0.1, 0.15) is 5.75 Å². The van der Waals surface area contributed by atoms with Gasteiger partial charge in [-0.3, -0.25) is 0 Å². The van der Waals surface area contributed by atoms with Crippen LogP contribution in [0.2, 0.25) is 0 Å². The Bertz CT molecular complexity index is 374. The lowest BCUT2D eigenvalue weighted by Gasteiger charge is -2.16. The van der Waals surface area contributed by atoms with E-state index in [0.717, 1.165) is 36.8 Å². The third-order valence-electron chi connectivity index (χ3n) is 3.45. The molecule has 1 aromatic rings. The fourth-order valence-electron chi connectivity index (χ4n) is 2.04. The van der Waals surface area contributed by atoms with Crippen molar-refractivity contribution in [2.45, 2.75) is 32.4 Å². The van der Waals surface area contributed by atoms with Gasteiger partial charge in [0.05, 0.1) is 0 Å². The van der Waals surface area contributed by atoms with Gasteiger partial charge in [0.15, 0.2) is 0 Å². The number of likely N-dealkylation sites (N-methyl/N-ethyl adjacent to an activating group) is 1. The highest BCUT2D eigenvalue weighted by Crippen LogP contribution is 2.24. The fourth-order valence-corrected chi connectivity index (χ4v) is 2.04. The van der Waals surface area contributed by atoms with E-state index < -0.39 is 0 Å². The summed E-state index contributed by atoms with van der Waals surface area (Å²) >= 11 is 0. The highest BCUT2D eigenvalue weighted by molar-refractivity contribution is 5.39. The highest BCUT2D eigenvalue weighted by Gasteiger charge is 2.25. The van der Waals surface area contributed by atoms with Crippen molar-refractivity contribution in [3.63, 3.8) is 0 Å². The monoisotopic (exact) mass is 234 g/mol. The number of nitrogens with one attached hydrogen (secondary N) is 1. The second-order valence-electron chi connectivity index (χ2n) is 4.97. The molecule has 3 heteroatoms. The van der Waals surface area contributed by atoms with E-state index in [4.69, 9.17) is 0 Å². The topological polar surface area (TPSA) is 35.5 Å². The molecule has 2 N–H and O–H groups in total. The smallest absolute Gasteiger partial charge is 0.122 e. The number of phenolic OH excluding ortho intramolecular Hbond substituents is 1. The lowest BCUT2D eigenvalue weighted by atomic mass is 10.1. The molecule has 0 amide bonds. The summed E-state index contributed by atoms with van der Waals surface area (Å²) < 4.78 is 0. The molecule has 94 valence electrons. The Morgan fingerprint density at radius 1 is 1.41 bits per heavy atom. The zero-order valence-corrected chi connectivity index (χ0v) is 10.7. The maximum absolute atomic E-state index is 9.85. The summed E-state index contributed by atoms with van der Waals surface area (Å²) in [4.78, 5) is 2.41.